The van der Waals surface area contributed by atoms with Crippen LogP contribution in [0.5, 0.6) is 5.88 Å². The van der Waals surface area contributed by atoms with Gasteiger partial charge in [-0.2, -0.15) is 0 Å². The van der Waals surface area contributed by atoms with Crippen molar-refractivity contribution in [1.29, 1.82) is 0 Å². The number of fused-ring (bicyclic) bond motifs is 1. The van der Waals surface area contributed by atoms with Gasteiger partial charge in [-0.1, -0.05) is 0 Å². The van der Waals surface area contributed by atoms with E-state index in [1.54, 1.807) is 24.0 Å². The Morgan fingerprint density at radius 1 is 1.38 bits per heavy atom. The number of rotatable bonds is 10. The number of aliphatic hydroxyl groups is 1. The van der Waals surface area contributed by atoms with Crippen LogP contribution in [0.15, 0.2) is 24.5 Å². The van der Waals surface area contributed by atoms with E-state index in [0.717, 1.165) is 5.56 Å². The lowest BCUT2D eigenvalue weighted by Crippen LogP contribution is -2.28. The second-order valence-electron chi connectivity index (χ2n) is 7.59. The molecule has 2 aromatic heterocycles. The second-order valence-corrected chi connectivity index (χ2v) is 7.59. The minimum Gasteiger partial charge on any atom is -0.471 e. The van der Waals surface area contributed by atoms with Crippen molar-refractivity contribution in [1.82, 2.24) is 20.2 Å². The third kappa shape index (κ3) is 5.37. The minimum atomic E-state index is -2.59. The van der Waals surface area contributed by atoms with E-state index in [1.165, 1.54) is 12.4 Å². The van der Waals surface area contributed by atoms with Gasteiger partial charge in [-0.05, 0) is 38.0 Å². The Morgan fingerprint density at radius 2 is 2.16 bits per heavy atom. The number of amides is 2. The summed E-state index contributed by atoms with van der Waals surface area (Å²) in [6.07, 6.45) is 0.955. The van der Waals surface area contributed by atoms with Crippen LogP contribution >= 0.6 is 0 Å². The minimum absolute atomic E-state index is 0.00568. The first-order valence-electron chi connectivity index (χ1n) is 10.3. The van der Waals surface area contributed by atoms with Crippen LogP contribution in [0.2, 0.25) is 0 Å². The van der Waals surface area contributed by atoms with Gasteiger partial charge in [-0.25, -0.2) is 13.8 Å². The van der Waals surface area contributed by atoms with Crippen molar-refractivity contribution in [3.63, 3.8) is 0 Å². The fourth-order valence-corrected chi connectivity index (χ4v) is 3.58. The summed E-state index contributed by atoms with van der Waals surface area (Å²) < 4.78 is 29.8. The molecule has 0 spiro atoms. The highest BCUT2D eigenvalue weighted by Crippen LogP contribution is 2.33. The lowest BCUT2D eigenvalue weighted by molar-refractivity contribution is -0.120. The van der Waals surface area contributed by atoms with Crippen molar-refractivity contribution >= 4 is 11.8 Å². The number of aliphatic hydroxyl groups excluding tert-OH is 1. The van der Waals surface area contributed by atoms with E-state index in [9.17, 15) is 18.4 Å². The topological polar surface area (TPSA) is 105 Å². The molecular weight excluding hydrogens is 422 g/mol. The average molecular weight is 448 g/mol. The quantitative estimate of drug-likeness (QED) is 0.540. The first-order valence-corrected chi connectivity index (χ1v) is 10.3. The number of alkyl halides is 2. The highest BCUT2D eigenvalue weighted by atomic mass is 19.3. The molecule has 0 saturated heterocycles. The highest BCUT2D eigenvalue weighted by molar-refractivity contribution is 5.99. The van der Waals surface area contributed by atoms with Gasteiger partial charge in [0.15, 0.2) is 6.61 Å². The summed E-state index contributed by atoms with van der Waals surface area (Å²) in [6.45, 7) is 3.50. The van der Waals surface area contributed by atoms with Gasteiger partial charge >= 0.3 is 0 Å². The van der Waals surface area contributed by atoms with Crippen molar-refractivity contribution < 1.29 is 28.2 Å². The fourth-order valence-electron chi connectivity index (χ4n) is 3.58. The van der Waals surface area contributed by atoms with Gasteiger partial charge in [0.25, 0.3) is 12.3 Å². The summed E-state index contributed by atoms with van der Waals surface area (Å²) in [7, 11) is 0. The van der Waals surface area contributed by atoms with Gasteiger partial charge in [0.05, 0.1) is 18.2 Å². The average Bonchev–Trinajstić information content (AvgIpc) is 3.10. The number of nitrogens with one attached hydrogen (secondary N) is 1. The largest absolute Gasteiger partial charge is 0.471 e. The van der Waals surface area contributed by atoms with Gasteiger partial charge in [0.2, 0.25) is 11.8 Å². The first kappa shape index (κ1) is 23.5. The number of halogens is 2. The number of ether oxygens (including phenoxy) is 1. The first-order chi connectivity index (χ1) is 15.3. The van der Waals surface area contributed by atoms with Crippen LogP contribution in [0.1, 0.15) is 52.1 Å². The molecule has 3 heterocycles. The summed E-state index contributed by atoms with van der Waals surface area (Å²) in [5.41, 5.74) is 3.09. The molecule has 172 valence electrons. The van der Waals surface area contributed by atoms with Crippen LogP contribution < -0.4 is 10.1 Å². The zero-order chi connectivity index (χ0) is 23.3. The van der Waals surface area contributed by atoms with Gasteiger partial charge in [-0.15, -0.1) is 0 Å². The van der Waals surface area contributed by atoms with Gasteiger partial charge in [0.1, 0.15) is 0 Å². The molecule has 0 aliphatic carbocycles. The molecular formula is C22H26F2N4O4. The Labute approximate surface area is 184 Å². The van der Waals surface area contributed by atoms with E-state index >= 15 is 0 Å². The third-order valence-corrected chi connectivity index (χ3v) is 5.30. The predicted molar refractivity (Wildman–Crippen MR) is 111 cm³/mol. The maximum absolute atomic E-state index is 13.0. The molecule has 0 bridgehead atoms. The summed E-state index contributed by atoms with van der Waals surface area (Å²) >= 11 is 0. The van der Waals surface area contributed by atoms with Crippen LogP contribution in [0.3, 0.4) is 0 Å². The van der Waals surface area contributed by atoms with Crippen LogP contribution in [0.4, 0.5) is 8.78 Å². The second kappa shape index (κ2) is 10.4. The normalized spacial score (nSPS) is 13.9. The van der Waals surface area contributed by atoms with Crippen LogP contribution in [0, 0.1) is 6.92 Å². The van der Waals surface area contributed by atoms with E-state index in [4.69, 9.17) is 9.84 Å². The number of pyridine rings is 2. The number of carbonyl (C=O) groups excluding carboxylic acids is 2. The zero-order valence-corrected chi connectivity index (χ0v) is 18.0. The molecule has 0 aromatic carbocycles. The Hall–Kier alpha value is -3.14. The van der Waals surface area contributed by atoms with Gasteiger partial charge < -0.3 is 20.1 Å². The van der Waals surface area contributed by atoms with E-state index < -0.39 is 13.0 Å². The molecule has 0 radical (unpaired) electrons. The summed E-state index contributed by atoms with van der Waals surface area (Å²) in [6, 6.07) is 3.07. The smallest absolute Gasteiger partial charge is 0.272 e. The van der Waals surface area contributed by atoms with Crippen molar-refractivity contribution in [2.75, 3.05) is 19.8 Å². The van der Waals surface area contributed by atoms with Crippen LogP contribution in [0.25, 0.3) is 0 Å². The molecule has 1 unspecified atom stereocenters. The molecule has 2 amide bonds. The van der Waals surface area contributed by atoms with E-state index in [0.29, 0.717) is 41.9 Å². The van der Waals surface area contributed by atoms with Gasteiger partial charge in [-0.3, -0.25) is 14.6 Å². The molecule has 0 fully saturated rings. The predicted octanol–water partition coefficient (Wildman–Crippen LogP) is 2.19. The Balaban J connectivity index is 1.73. The molecule has 2 N–H and O–H groups in total. The monoisotopic (exact) mass is 448 g/mol. The molecule has 2 aromatic rings. The molecule has 8 nitrogen and oxygen atoms in total. The van der Waals surface area contributed by atoms with Crippen molar-refractivity contribution in [3.05, 3.63) is 52.5 Å². The molecule has 1 aliphatic rings. The molecule has 32 heavy (non-hydrogen) atoms. The van der Waals surface area contributed by atoms with Crippen LogP contribution in [-0.2, 0) is 17.8 Å². The highest BCUT2D eigenvalue weighted by Gasteiger charge is 2.34. The molecule has 1 aliphatic heterocycles. The summed E-state index contributed by atoms with van der Waals surface area (Å²) in [5, 5.41) is 11.6. The van der Waals surface area contributed by atoms with E-state index in [-0.39, 0.29) is 36.8 Å². The third-order valence-electron chi connectivity index (χ3n) is 5.30. The molecule has 10 heteroatoms. The molecule has 1 atom stereocenters. The zero-order valence-electron chi connectivity index (χ0n) is 18.0. The number of hydrogen-bond donors (Lipinski definition) is 2. The summed E-state index contributed by atoms with van der Waals surface area (Å²) in [4.78, 5) is 35.3. The Bertz CT molecular complexity index is 986. The fraction of sp³-hybridized carbons (Fsp3) is 0.455. The van der Waals surface area contributed by atoms with Crippen molar-refractivity contribution in [2.24, 2.45) is 0 Å². The van der Waals surface area contributed by atoms with E-state index in [1.807, 2.05) is 6.92 Å². The molecule has 3 rings (SSSR count). The number of aryl methyl sites for hydroxylation is 1. The van der Waals surface area contributed by atoms with E-state index in [2.05, 4.69) is 15.3 Å². The molecule has 0 saturated carbocycles. The number of carbonyl (C=O) groups is 2. The summed E-state index contributed by atoms with van der Waals surface area (Å²) in [5.74, 6) is -0.263. The lowest BCUT2D eigenvalue weighted by Gasteiger charge is -2.25. The lowest BCUT2D eigenvalue weighted by atomic mass is 10.1. The SMILES string of the molecule is Cc1cc(C(C)N2Cc3c(ccnc3CC(=O)NCCCO)C2=O)cnc1OCC(F)F. The van der Waals surface area contributed by atoms with Crippen molar-refractivity contribution in [2.45, 2.75) is 45.7 Å². The standard InChI is InChI=1S/C22H26F2N4O4/c1-13-8-15(10-27-21(13)32-12-19(23)24)14(2)28-11-17-16(22(28)31)4-6-25-18(17)9-20(30)26-5-3-7-29/h4,6,8,10,14,19,29H,3,5,7,9,11-12H2,1-2H3,(H,26,30). The maximum atomic E-state index is 13.0. The van der Waals surface area contributed by atoms with Crippen LogP contribution in [-0.4, -0.2) is 58.0 Å². The number of aromatic nitrogens is 2. The Kier molecular flexibility index (Phi) is 7.68. The van der Waals surface area contributed by atoms with Crippen molar-refractivity contribution in [3.8, 4) is 5.88 Å². The van der Waals surface area contributed by atoms with Gasteiger partial charge in [0, 0.05) is 48.8 Å². The number of hydrogen-bond acceptors (Lipinski definition) is 6. The Morgan fingerprint density at radius 3 is 2.84 bits per heavy atom. The maximum Gasteiger partial charge on any atom is 0.272 e. The number of nitrogens with zero attached hydrogens (tertiary/aromatic N) is 3.